The second-order valence-corrected chi connectivity index (χ2v) is 16.5. The van der Waals surface area contributed by atoms with E-state index in [4.69, 9.17) is 0 Å². The summed E-state index contributed by atoms with van der Waals surface area (Å²) in [5, 5.41) is 12.8. The second kappa shape index (κ2) is 12.6. The predicted octanol–water partition coefficient (Wildman–Crippen LogP) is 16.3. The van der Waals surface area contributed by atoms with E-state index in [-0.39, 0.29) is 0 Å². The van der Waals surface area contributed by atoms with Crippen molar-refractivity contribution >= 4 is 92.0 Å². The van der Waals surface area contributed by atoms with Gasteiger partial charge in [-0.2, -0.15) is 0 Å². The van der Waals surface area contributed by atoms with Gasteiger partial charge in [-0.05, 0) is 100 Å². The predicted molar refractivity (Wildman–Crippen MR) is 244 cm³/mol. The molecule has 0 bridgehead atoms. The van der Waals surface area contributed by atoms with Crippen molar-refractivity contribution < 1.29 is 0 Å². The Kier molecular flexibility index (Phi) is 7.38. The summed E-state index contributed by atoms with van der Waals surface area (Å²) in [7, 11) is 0. The first-order chi connectivity index (χ1) is 27.2. The molecule has 0 fully saturated rings. The SMILES string of the molecule is C=Cc1sc2cc(-c3c4ccccc4c(-c4ccc(-c5ccccc5)c5ccccc45)c4ccccc34)ccc2c1-c1sc2c(ccc3ccccc32)c1C. The maximum Gasteiger partial charge on any atom is 0.0430 e. The zero-order chi connectivity index (χ0) is 36.6. The first-order valence-corrected chi connectivity index (χ1v) is 20.4. The van der Waals surface area contributed by atoms with Crippen molar-refractivity contribution in [3.63, 3.8) is 0 Å². The van der Waals surface area contributed by atoms with Crippen LogP contribution in [0.4, 0.5) is 0 Å². The van der Waals surface area contributed by atoms with Crippen LogP contribution in [0.1, 0.15) is 10.4 Å². The van der Waals surface area contributed by atoms with Gasteiger partial charge >= 0.3 is 0 Å². The molecule has 0 atom stereocenters. The molecule has 11 rings (SSSR count). The van der Waals surface area contributed by atoms with Crippen molar-refractivity contribution in [2.45, 2.75) is 6.92 Å². The minimum absolute atomic E-state index is 1.22. The number of benzene rings is 9. The molecular formula is C53H34S2. The number of hydrogen-bond donors (Lipinski definition) is 0. The highest BCUT2D eigenvalue weighted by molar-refractivity contribution is 7.25. The van der Waals surface area contributed by atoms with Gasteiger partial charge in [-0.15, -0.1) is 22.7 Å². The minimum atomic E-state index is 1.22. The largest absolute Gasteiger partial charge is 0.135 e. The Bertz CT molecular complexity index is 3280. The molecule has 55 heavy (non-hydrogen) atoms. The average molecular weight is 735 g/mol. The first-order valence-electron chi connectivity index (χ1n) is 18.8. The fraction of sp³-hybridized carbons (Fsp3) is 0.0189. The minimum Gasteiger partial charge on any atom is -0.135 e. The van der Waals surface area contributed by atoms with Crippen molar-refractivity contribution in [1.29, 1.82) is 0 Å². The van der Waals surface area contributed by atoms with Gasteiger partial charge < -0.3 is 0 Å². The summed E-state index contributed by atoms with van der Waals surface area (Å²) in [4.78, 5) is 2.56. The van der Waals surface area contributed by atoms with E-state index >= 15 is 0 Å². The van der Waals surface area contributed by atoms with Gasteiger partial charge in [0, 0.05) is 30.1 Å². The van der Waals surface area contributed by atoms with Crippen LogP contribution in [0.3, 0.4) is 0 Å². The van der Waals surface area contributed by atoms with E-state index in [1.165, 1.54) is 118 Å². The molecule has 2 heterocycles. The van der Waals surface area contributed by atoms with Crippen LogP contribution in [-0.4, -0.2) is 0 Å². The second-order valence-electron chi connectivity index (χ2n) is 14.4. The number of aryl methyl sites for hydroxylation is 1. The van der Waals surface area contributed by atoms with Gasteiger partial charge in [-0.1, -0.05) is 176 Å². The van der Waals surface area contributed by atoms with Crippen LogP contribution in [0, 0.1) is 6.92 Å². The third-order valence-corrected chi connectivity index (χ3v) is 14.0. The molecule has 258 valence electrons. The van der Waals surface area contributed by atoms with Crippen molar-refractivity contribution in [2.75, 3.05) is 0 Å². The molecule has 0 aliphatic rings. The average Bonchev–Trinajstić information content (AvgIpc) is 3.79. The molecule has 2 heteroatoms. The number of rotatable bonds is 5. The highest BCUT2D eigenvalue weighted by Gasteiger charge is 2.22. The van der Waals surface area contributed by atoms with Crippen LogP contribution in [-0.2, 0) is 0 Å². The normalized spacial score (nSPS) is 11.8. The molecule has 0 saturated heterocycles. The van der Waals surface area contributed by atoms with E-state index in [1.807, 2.05) is 22.7 Å². The molecular weight excluding hydrogens is 701 g/mol. The van der Waals surface area contributed by atoms with Crippen LogP contribution in [0.25, 0.3) is 113 Å². The lowest BCUT2D eigenvalue weighted by molar-refractivity contribution is 1.59. The van der Waals surface area contributed by atoms with E-state index in [2.05, 4.69) is 189 Å². The molecule has 0 nitrogen and oxygen atoms in total. The highest BCUT2D eigenvalue weighted by atomic mass is 32.1. The van der Waals surface area contributed by atoms with E-state index in [0.717, 1.165) is 0 Å². The molecule has 0 aliphatic carbocycles. The van der Waals surface area contributed by atoms with E-state index in [9.17, 15) is 0 Å². The van der Waals surface area contributed by atoms with Crippen molar-refractivity contribution in [1.82, 2.24) is 0 Å². The fourth-order valence-corrected chi connectivity index (χ4v) is 11.5. The third-order valence-electron chi connectivity index (χ3n) is 11.5. The maximum atomic E-state index is 4.31. The lowest BCUT2D eigenvalue weighted by Gasteiger charge is -2.19. The van der Waals surface area contributed by atoms with Gasteiger partial charge in [0.25, 0.3) is 0 Å². The summed E-state index contributed by atoms with van der Waals surface area (Å²) in [5.41, 5.74) is 10.2. The molecule has 0 N–H and O–H groups in total. The summed E-state index contributed by atoms with van der Waals surface area (Å²) in [6.45, 7) is 6.59. The number of fused-ring (bicyclic) bond motifs is 7. The molecule has 9 aromatic carbocycles. The summed E-state index contributed by atoms with van der Waals surface area (Å²) in [6.07, 6.45) is 2.05. The van der Waals surface area contributed by atoms with Gasteiger partial charge in [0.05, 0.1) is 0 Å². The van der Waals surface area contributed by atoms with Gasteiger partial charge in [-0.25, -0.2) is 0 Å². The van der Waals surface area contributed by atoms with Crippen LogP contribution in [0.5, 0.6) is 0 Å². The van der Waals surface area contributed by atoms with Gasteiger partial charge in [-0.3, -0.25) is 0 Å². The molecule has 0 radical (unpaired) electrons. The highest BCUT2D eigenvalue weighted by Crippen LogP contribution is 2.50. The standard InChI is InChI=1S/C53H34S2/c1-3-47-51(52-32(2)36-27-25-34-17-7-8-18-38(34)53(36)55-52)46-28-26-35(31-48(46)54-47)49-41-21-11-13-23-43(41)50(44-24-14-12-22-42(44)49)45-30-29-37(33-15-5-4-6-16-33)39-19-9-10-20-40(39)45/h3-31H,1H2,2H3. The van der Waals surface area contributed by atoms with Crippen LogP contribution >= 0.6 is 22.7 Å². The molecule has 11 aromatic rings. The Balaban J connectivity index is 1.14. The third kappa shape index (κ3) is 4.89. The van der Waals surface area contributed by atoms with Crippen molar-refractivity contribution in [3.8, 4) is 43.8 Å². The Hall–Kier alpha value is -6.32. The first kappa shape index (κ1) is 32.1. The molecule has 0 amide bonds. The smallest absolute Gasteiger partial charge is 0.0430 e. The number of thiophene rings is 2. The monoisotopic (exact) mass is 734 g/mol. The fourth-order valence-electron chi connectivity index (χ4n) is 8.95. The summed E-state index contributed by atoms with van der Waals surface area (Å²) in [5.74, 6) is 0. The Morgan fingerprint density at radius 1 is 0.418 bits per heavy atom. The van der Waals surface area contributed by atoms with Gasteiger partial charge in [0.1, 0.15) is 0 Å². The van der Waals surface area contributed by atoms with Crippen LogP contribution in [0.15, 0.2) is 176 Å². The van der Waals surface area contributed by atoms with Crippen LogP contribution in [0.2, 0.25) is 0 Å². The summed E-state index contributed by atoms with van der Waals surface area (Å²) in [6, 6.07) is 62.7. The maximum absolute atomic E-state index is 4.31. The quantitative estimate of drug-likeness (QED) is 0.154. The number of hydrogen-bond acceptors (Lipinski definition) is 2. The van der Waals surface area contributed by atoms with E-state index in [0.29, 0.717) is 0 Å². The van der Waals surface area contributed by atoms with E-state index in [1.54, 1.807) is 0 Å². The van der Waals surface area contributed by atoms with Crippen molar-refractivity contribution in [2.24, 2.45) is 0 Å². The lowest BCUT2D eigenvalue weighted by atomic mass is 9.83. The zero-order valence-electron chi connectivity index (χ0n) is 30.3. The zero-order valence-corrected chi connectivity index (χ0v) is 31.9. The molecule has 0 saturated carbocycles. The summed E-state index contributed by atoms with van der Waals surface area (Å²) >= 11 is 3.77. The van der Waals surface area contributed by atoms with Crippen molar-refractivity contribution in [3.05, 3.63) is 187 Å². The van der Waals surface area contributed by atoms with Gasteiger partial charge in [0.15, 0.2) is 0 Å². The molecule has 0 spiro atoms. The van der Waals surface area contributed by atoms with Gasteiger partial charge in [0.2, 0.25) is 0 Å². The Morgan fingerprint density at radius 3 is 1.67 bits per heavy atom. The Labute approximate surface area is 327 Å². The molecule has 0 unspecified atom stereocenters. The molecule has 2 aromatic heterocycles. The van der Waals surface area contributed by atoms with Crippen LogP contribution < -0.4 is 0 Å². The lowest BCUT2D eigenvalue weighted by Crippen LogP contribution is -1.92. The topological polar surface area (TPSA) is 0 Å². The molecule has 0 aliphatic heterocycles. The van der Waals surface area contributed by atoms with E-state index < -0.39 is 0 Å². The Morgan fingerprint density at radius 2 is 0.982 bits per heavy atom. The summed E-state index contributed by atoms with van der Waals surface area (Å²) < 4.78 is 2.64.